The zero-order valence-electron chi connectivity index (χ0n) is 8.67. The maximum atomic E-state index is 11.0. The molecule has 0 aromatic heterocycles. The van der Waals surface area contributed by atoms with Crippen molar-refractivity contribution < 1.29 is 24.9 Å². The number of methoxy groups -OCH3 is 1. The maximum absolute atomic E-state index is 11.0. The summed E-state index contributed by atoms with van der Waals surface area (Å²) in [6, 6.07) is 1.17. The fraction of sp³-hybridized carbons (Fsp3) is 0.300. The Morgan fingerprint density at radius 2 is 1.88 bits per heavy atom. The van der Waals surface area contributed by atoms with Gasteiger partial charge in [0.1, 0.15) is 17.2 Å². The summed E-state index contributed by atoms with van der Waals surface area (Å²) in [4.78, 5) is 11.0. The first-order valence-electron chi connectivity index (χ1n) is 4.53. The van der Waals surface area contributed by atoms with E-state index in [0.29, 0.717) is 0 Å². The molecule has 0 saturated heterocycles. The van der Waals surface area contributed by atoms with Crippen LogP contribution in [0.1, 0.15) is 18.0 Å². The molecule has 6 heteroatoms. The number of carbonyl (C=O) groups is 1. The van der Waals surface area contributed by atoms with Crippen molar-refractivity contribution in [1.29, 1.82) is 0 Å². The van der Waals surface area contributed by atoms with Crippen LogP contribution < -0.4 is 5.73 Å². The SMILES string of the molecule is COC(=O)C[C@@H](N)c1c(O)cc(O)cc1O. The summed E-state index contributed by atoms with van der Waals surface area (Å²) in [6.45, 7) is 0. The van der Waals surface area contributed by atoms with E-state index in [-0.39, 0.29) is 29.2 Å². The Kier molecular flexibility index (Phi) is 3.57. The van der Waals surface area contributed by atoms with Gasteiger partial charge in [0.05, 0.1) is 19.1 Å². The molecule has 0 fully saturated rings. The summed E-state index contributed by atoms with van der Waals surface area (Å²) in [5.41, 5.74) is 5.62. The normalized spacial score (nSPS) is 12.1. The highest BCUT2D eigenvalue weighted by molar-refractivity contribution is 5.71. The van der Waals surface area contributed by atoms with Gasteiger partial charge in [-0.15, -0.1) is 0 Å². The summed E-state index contributed by atoms with van der Waals surface area (Å²) in [7, 11) is 1.21. The second-order valence-corrected chi connectivity index (χ2v) is 3.28. The van der Waals surface area contributed by atoms with Crippen LogP contribution >= 0.6 is 0 Å². The lowest BCUT2D eigenvalue weighted by Gasteiger charge is -2.14. The van der Waals surface area contributed by atoms with Crippen molar-refractivity contribution in [3.05, 3.63) is 17.7 Å². The predicted octanol–water partition coefficient (Wildman–Crippen LogP) is 0.366. The van der Waals surface area contributed by atoms with Gasteiger partial charge < -0.3 is 25.8 Å². The molecule has 0 saturated carbocycles. The Morgan fingerprint density at radius 1 is 1.38 bits per heavy atom. The number of benzene rings is 1. The lowest BCUT2D eigenvalue weighted by molar-refractivity contribution is -0.141. The van der Waals surface area contributed by atoms with E-state index in [1.165, 1.54) is 7.11 Å². The molecule has 1 aromatic carbocycles. The molecule has 0 amide bonds. The molecule has 16 heavy (non-hydrogen) atoms. The summed E-state index contributed by atoms with van der Waals surface area (Å²) in [6.07, 6.45) is -0.178. The van der Waals surface area contributed by atoms with E-state index in [1.807, 2.05) is 0 Å². The molecule has 5 N–H and O–H groups in total. The van der Waals surface area contributed by atoms with E-state index < -0.39 is 12.0 Å². The average Bonchev–Trinajstić information content (AvgIpc) is 2.15. The van der Waals surface area contributed by atoms with Crippen LogP contribution in [0.25, 0.3) is 0 Å². The number of aromatic hydroxyl groups is 3. The van der Waals surface area contributed by atoms with Crippen LogP contribution in [-0.2, 0) is 9.53 Å². The number of ether oxygens (including phenoxy) is 1. The molecule has 1 aromatic rings. The number of rotatable bonds is 3. The molecular formula is C10H13NO5. The lowest BCUT2D eigenvalue weighted by Crippen LogP contribution is -2.16. The molecule has 0 radical (unpaired) electrons. The third kappa shape index (κ3) is 2.54. The first kappa shape index (κ1) is 12.1. The third-order valence-electron chi connectivity index (χ3n) is 2.11. The van der Waals surface area contributed by atoms with Gasteiger partial charge in [-0.1, -0.05) is 0 Å². The number of phenolic OH excluding ortho intramolecular Hbond substituents is 3. The number of esters is 1. The van der Waals surface area contributed by atoms with Gasteiger partial charge in [0.25, 0.3) is 0 Å². The van der Waals surface area contributed by atoms with E-state index >= 15 is 0 Å². The van der Waals surface area contributed by atoms with E-state index in [4.69, 9.17) is 10.8 Å². The summed E-state index contributed by atoms with van der Waals surface area (Å²) in [5.74, 6) is -1.58. The number of nitrogens with two attached hydrogens (primary N) is 1. The third-order valence-corrected chi connectivity index (χ3v) is 2.11. The highest BCUT2D eigenvalue weighted by Crippen LogP contribution is 2.36. The highest BCUT2D eigenvalue weighted by atomic mass is 16.5. The van der Waals surface area contributed by atoms with Crippen LogP contribution in [0.2, 0.25) is 0 Å². The molecule has 0 spiro atoms. The number of phenols is 3. The molecule has 1 rings (SSSR count). The minimum absolute atomic E-state index is 0.00296. The molecule has 0 bridgehead atoms. The molecular weight excluding hydrogens is 214 g/mol. The van der Waals surface area contributed by atoms with Crippen molar-refractivity contribution >= 4 is 5.97 Å². The number of carbonyl (C=O) groups excluding carboxylic acids is 1. The molecule has 0 heterocycles. The van der Waals surface area contributed by atoms with E-state index in [0.717, 1.165) is 12.1 Å². The highest BCUT2D eigenvalue weighted by Gasteiger charge is 2.20. The van der Waals surface area contributed by atoms with Crippen molar-refractivity contribution in [1.82, 2.24) is 0 Å². The Balaban J connectivity index is 2.99. The zero-order valence-corrected chi connectivity index (χ0v) is 8.67. The van der Waals surface area contributed by atoms with Crippen LogP contribution in [0.3, 0.4) is 0 Å². The smallest absolute Gasteiger partial charge is 0.307 e. The van der Waals surface area contributed by atoms with Crippen LogP contribution in [-0.4, -0.2) is 28.4 Å². The van der Waals surface area contributed by atoms with E-state index in [2.05, 4.69) is 4.74 Å². The number of hydrogen-bond donors (Lipinski definition) is 4. The Morgan fingerprint density at radius 3 is 2.31 bits per heavy atom. The van der Waals surface area contributed by atoms with Crippen LogP contribution in [0.15, 0.2) is 12.1 Å². The summed E-state index contributed by atoms with van der Waals surface area (Å²) in [5, 5.41) is 28.0. The molecule has 88 valence electrons. The van der Waals surface area contributed by atoms with Crippen molar-refractivity contribution in [2.45, 2.75) is 12.5 Å². The molecule has 0 unspecified atom stereocenters. The van der Waals surface area contributed by atoms with Crippen molar-refractivity contribution in [2.24, 2.45) is 5.73 Å². The molecule has 0 aliphatic rings. The zero-order chi connectivity index (χ0) is 12.3. The van der Waals surface area contributed by atoms with Gasteiger partial charge in [0.15, 0.2) is 0 Å². The maximum Gasteiger partial charge on any atom is 0.307 e. The molecule has 6 nitrogen and oxygen atoms in total. The lowest BCUT2D eigenvalue weighted by atomic mass is 10.0. The van der Waals surface area contributed by atoms with Crippen molar-refractivity contribution in [2.75, 3.05) is 7.11 Å². The minimum atomic E-state index is -0.895. The Hall–Kier alpha value is -1.95. The minimum Gasteiger partial charge on any atom is -0.508 e. The largest absolute Gasteiger partial charge is 0.508 e. The topological polar surface area (TPSA) is 113 Å². The standard InChI is InChI=1S/C10H13NO5/c1-16-9(15)4-6(11)10-7(13)2-5(12)3-8(10)14/h2-3,6,12-14H,4,11H2,1H3/t6-/m1/s1. The second-order valence-electron chi connectivity index (χ2n) is 3.28. The monoisotopic (exact) mass is 227 g/mol. The van der Waals surface area contributed by atoms with E-state index in [1.54, 1.807) is 0 Å². The molecule has 1 atom stereocenters. The predicted molar refractivity (Wildman–Crippen MR) is 55.0 cm³/mol. The quantitative estimate of drug-likeness (QED) is 0.555. The summed E-state index contributed by atoms with van der Waals surface area (Å²) < 4.78 is 4.41. The van der Waals surface area contributed by atoms with Crippen LogP contribution in [0.5, 0.6) is 17.2 Å². The van der Waals surface area contributed by atoms with Gasteiger partial charge in [-0.2, -0.15) is 0 Å². The summed E-state index contributed by atoms with van der Waals surface area (Å²) >= 11 is 0. The first-order valence-corrected chi connectivity index (χ1v) is 4.53. The van der Waals surface area contributed by atoms with Gasteiger partial charge in [-0.25, -0.2) is 0 Å². The van der Waals surface area contributed by atoms with Gasteiger partial charge >= 0.3 is 5.97 Å². The molecule has 0 aliphatic carbocycles. The van der Waals surface area contributed by atoms with E-state index in [9.17, 15) is 15.0 Å². The fourth-order valence-corrected chi connectivity index (χ4v) is 1.35. The Bertz CT molecular complexity index is 381. The van der Waals surface area contributed by atoms with Gasteiger partial charge in [0.2, 0.25) is 0 Å². The fourth-order valence-electron chi connectivity index (χ4n) is 1.35. The first-order chi connectivity index (χ1) is 7.45. The number of hydrogen-bond acceptors (Lipinski definition) is 6. The van der Waals surface area contributed by atoms with Gasteiger partial charge in [-0.3, -0.25) is 4.79 Å². The Labute approximate surface area is 91.9 Å². The average molecular weight is 227 g/mol. The second kappa shape index (κ2) is 4.71. The molecule has 0 aliphatic heterocycles. The van der Waals surface area contributed by atoms with Gasteiger partial charge in [-0.05, 0) is 0 Å². The van der Waals surface area contributed by atoms with Crippen molar-refractivity contribution in [3.63, 3.8) is 0 Å². The van der Waals surface area contributed by atoms with Gasteiger partial charge in [0, 0.05) is 18.2 Å². The van der Waals surface area contributed by atoms with Crippen LogP contribution in [0.4, 0.5) is 0 Å². The van der Waals surface area contributed by atoms with Crippen LogP contribution in [0, 0.1) is 0 Å². The van der Waals surface area contributed by atoms with Crippen molar-refractivity contribution in [3.8, 4) is 17.2 Å².